The molecule has 0 aliphatic rings. The lowest BCUT2D eigenvalue weighted by Crippen LogP contribution is -2.36. The molecule has 0 saturated heterocycles. The summed E-state index contributed by atoms with van der Waals surface area (Å²) in [5, 5.41) is 5.74. The SMILES string of the molecule is Cc1cccc(NC(=O)CN(C)CC(=O)Nc2cccc(I)c2)c1C. The van der Waals surface area contributed by atoms with Gasteiger partial charge in [0.05, 0.1) is 13.1 Å². The van der Waals surface area contributed by atoms with Gasteiger partial charge in [-0.2, -0.15) is 0 Å². The molecule has 0 aliphatic carbocycles. The molecule has 0 heterocycles. The van der Waals surface area contributed by atoms with Gasteiger partial charge in [0.25, 0.3) is 0 Å². The summed E-state index contributed by atoms with van der Waals surface area (Å²) < 4.78 is 1.05. The van der Waals surface area contributed by atoms with E-state index in [1.807, 2.05) is 56.3 Å². The predicted octanol–water partition coefficient (Wildman–Crippen LogP) is 3.42. The summed E-state index contributed by atoms with van der Waals surface area (Å²) in [7, 11) is 1.75. The molecule has 2 aromatic carbocycles. The van der Waals surface area contributed by atoms with Gasteiger partial charge in [0.15, 0.2) is 0 Å². The third-order valence-electron chi connectivity index (χ3n) is 3.81. The molecule has 132 valence electrons. The minimum atomic E-state index is -0.149. The molecule has 0 bridgehead atoms. The van der Waals surface area contributed by atoms with Crippen LogP contribution in [0.4, 0.5) is 11.4 Å². The van der Waals surface area contributed by atoms with Crippen molar-refractivity contribution in [3.8, 4) is 0 Å². The van der Waals surface area contributed by atoms with Crippen molar-refractivity contribution in [1.82, 2.24) is 4.90 Å². The first-order valence-electron chi connectivity index (χ1n) is 7.95. The van der Waals surface area contributed by atoms with Crippen LogP contribution in [-0.4, -0.2) is 36.9 Å². The fraction of sp³-hybridized carbons (Fsp3) is 0.263. The highest BCUT2D eigenvalue weighted by Gasteiger charge is 2.12. The van der Waals surface area contributed by atoms with Crippen LogP contribution in [0.25, 0.3) is 0 Å². The van der Waals surface area contributed by atoms with Crippen molar-refractivity contribution in [3.63, 3.8) is 0 Å². The largest absolute Gasteiger partial charge is 0.325 e. The Balaban J connectivity index is 1.84. The molecule has 0 aromatic heterocycles. The Bertz CT molecular complexity index is 777. The number of carbonyl (C=O) groups is 2. The van der Waals surface area contributed by atoms with E-state index in [1.54, 1.807) is 11.9 Å². The number of hydrogen-bond acceptors (Lipinski definition) is 3. The Labute approximate surface area is 161 Å². The monoisotopic (exact) mass is 451 g/mol. The fourth-order valence-corrected chi connectivity index (χ4v) is 2.93. The van der Waals surface area contributed by atoms with Crippen LogP contribution in [-0.2, 0) is 9.59 Å². The minimum Gasteiger partial charge on any atom is -0.325 e. The lowest BCUT2D eigenvalue weighted by atomic mass is 10.1. The van der Waals surface area contributed by atoms with Gasteiger partial charge in [0, 0.05) is 14.9 Å². The molecule has 2 amide bonds. The van der Waals surface area contributed by atoms with Gasteiger partial charge in [0.2, 0.25) is 11.8 Å². The summed E-state index contributed by atoms with van der Waals surface area (Å²) in [5.74, 6) is -0.290. The second-order valence-electron chi connectivity index (χ2n) is 6.03. The lowest BCUT2D eigenvalue weighted by molar-refractivity contribution is -0.119. The van der Waals surface area contributed by atoms with Crippen molar-refractivity contribution in [2.75, 3.05) is 30.8 Å². The maximum Gasteiger partial charge on any atom is 0.238 e. The maximum absolute atomic E-state index is 12.2. The third-order valence-corrected chi connectivity index (χ3v) is 4.49. The van der Waals surface area contributed by atoms with Gasteiger partial charge in [-0.05, 0) is 78.9 Å². The van der Waals surface area contributed by atoms with Crippen LogP contribution in [0, 0.1) is 17.4 Å². The minimum absolute atomic E-state index is 0.141. The molecular formula is C19H22IN3O2. The molecule has 2 N–H and O–H groups in total. The zero-order valence-corrected chi connectivity index (χ0v) is 16.8. The van der Waals surface area contributed by atoms with Crippen molar-refractivity contribution in [3.05, 3.63) is 57.2 Å². The molecule has 0 saturated carbocycles. The molecule has 2 aromatic rings. The Morgan fingerprint density at radius 3 is 2.32 bits per heavy atom. The Kier molecular flexibility index (Phi) is 6.95. The number of halogens is 1. The molecule has 6 heteroatoms. The van der Waals surface area contributed by atoms with Crippen molar-refractivity contribution in [2.24, 2.45) is 0 Å². The zero-order valence-electron chi connectivity index (χ0n) is 14.6. The number of amides is 2. The number of aryl methyl sites for hydroxylation is 1. The van der Waals surface area contributed by atoms with Crippen LogP contribution in [0.3, 0.4) is 0 Å². The number of carbonyl (C=O) groups excluding carboxylic acids is 2. The summed E-state index contributed by atoms with van der Waals surface area (Å²) in [6, 6.07) is 13.4. The molecule has 0 aliphatic heterocycles. The Morgan fingerprint density at radius 1 is 1.00 bits per heavy atom. The van der Waals surface area contributed by atoms with Crippen LogP contribution in [0.5, 0.6) is 0 Å². The van der Waals surface area contributed by atoms with E-state index in [0.717, 1.165) is 26.1 Å². The van der Waals surface area contributed by atoms with Crippen LogP contribution >= 0.6 is 22.6 Å². The summed E-state index contributed by atoms with van der Waals surface area (Å²) in [4.78, 5) is 26.0. The van der Waals surface area contributed by atoms with Gasteiger partial charge in [-0.25, -0.2) is 0 Å². The molecule has 0 fully saturated rings. The van der Waals surface area contributed by atoms with E-state index in [4.69, 9.17) is 0 Å². The van der Waals surface area contributed by atoms with E-state index < -0.39 is 0 Å². The molecule has 0 atom stereocenters. The number of benzene rings is 2. The van der Waals surface area contributed by atoms with E-state index in [9.17, 15) is 9.59 Å². The second-order valence-corrected chi connectivity index (χ2v) is 7.27. The second kappa shape index (κ2) is 8.96. The summed E-state index contributed by atoms with van der Waals surface area (Å²) in [6.45, 7) is 4.27. The average Bonchev–Trinajstić information content (AvgIpc) is 2.51. The standard InChI is InChI=1S/C19H22IN3O2/c1-13-6-4-9-17(14(13)2)22-19(25)12-23(3)11-18(24)21-16-8-5-7-15(20)10-16/h4-10H,11-12H2,1-3H3,(H,21,24)(H,22,25). The average molecular weight is 451 g/mol. The normalized spacial score (nSPS) is 10.6. The first-order valence-corrected chi connectivity index (χ1v) is 9.03. The van der Waals surface area contributed by atoms with Crippen LogP contribution in [0.1, 0.15) is 11.1 Å². The van der Waals surface area contributed by atoms with Crippen LogP contribution < -0.4 is 10.6 Å². The van der Waals surface area contributed by atoms with E-state index in [0.29, 0.717) is 0 Å². The summed E-state index contributed by atoms with van der Waals surface area (Å²) >= 11 is 2.19. The molecule has 25 heavy (non-hydrogen) atoms. The van der Waals surface area contributed by atoms with Gasteiger partial charge in [-0.3, -0.25) is 14.5 Å². The number of anilines is 2. The number of rotatable bonds is 6. The lowest BCUT2D eigenvalue weighted by Gasteiger charge is -2.17. The summed E-state index contributed by atoms with van der Waals surface area (Å²) in [5.41, 5.74) is 3.74. The number of likely N-dealkylation sites (N-methyl/N-ethyl adjacent to an activating group) is 1. The van der Waals surface area contributed by atoms with E-state index in [2.05, 4.69) is 33.2 Å². The molecule has 0 unspecified atom stereocenters. The quantitative estimate of drug-likeness (QED) is 0.662. The first kappa shape index (κ1) is 19.4. The fourth-order valence-electron chi connectivity index (χ4n) is 2.39. The maximum atomic E-state index is 12.2. The smallest absolute Gasteiger partial charge is 0.238 e. The highest BCUT2D eigenvalue weighted by molar-refractivity contribution is 14.1. The molecule has 0 spiro atoms. The summed E-state index contributed by atoms with van der Waals surface area (Å²) in [6.07, 6.45) is 0. The van der Waals surface area contributed by atoms with Crippen molar-refractivity contribution >= 4 is 45.8 Å². The number of nitrogens with zero attached hydrogens (tertiary/aromatic N) is 1. The van der Waals surface area contributed by atoms with Gasteiger partial charge >= 0.3 is 0 Å². The third kappa shape index (κ3) is 6.13. The number of hydrogen-bond donors (Lipinski definition) is 2. The molecule has 5 nitrogen and oxygen atoms in total. The van der Waals surface area contributed by atoms with E-state index in [1.165, 1.54) is 0 Å². The van der Waals surface area contributed by atoms with Crippen LogP contribution in [0.15, 0.2) is 42.5 Å². The topological polar surface area (TPSA) is 61.4 Å². The highest BCUT2D eigenvalue weighted by Crippen LogP contribution is 2.17. The van der Waals surface area contributed by atoms with Crippen molar-refractivity contribution in [1.29, 1.82) is 0 Å². The van der Waals surface area contributed by atoms with Gasteiger partial charge in [-0.15, -0.1) is 0 Å². The van der Waals surface area contributed by atoms with Gasteiger partial charge in [0.1, 0.15) is 0 Å². The molecule has 0 radical (unpaired) electrons. The van der Waals surface area contributed by atoms with E-state index in [-0.39, 0.29) is 24.9 Å². The predicted molar refractivity (Wildman–Crippen MR) is 110 cm³/mol. The zero-order chi connectivity index (χ0) is 18.4. The van der Waals surface area contributed by atoms with Gasteiger partial charge < -0.3 is 10.6 Å². The Hall–Kier alpha value is -1.93. The molecule has 2 rings (SSSR count). The van der Waals surface area contributed by atoms with Crippen LogP contribution in [0.2, 0.25) is 0 Å². The van der Waals surface area contributed by atoms with Crippen molar-refractivity contribution in [2.45, 2.75) is 13.8 Å². The Morgan fingerprint density at radius 2 is 1.64 bits per heavy atom. The van der Waals surface area contributed by atoms with Gasteiger partial charge in [-0.1, -0.05) is 18.2 Å². The van der Waals surface area contributed by atoms with E-state index >= 15 is 0 Å². The first-order chi connectivity index (χ1) is 11.8. The number of nitrogens with one attached hydrogen (secondary N) is 2. The highest BCUT2D eigenvalue weighted by atomic mass is 127. The molecular weight excluding hydrogens is 429 g/mol. The van der Waals surface area contributed by atoms with Crippen molar-refractivity contribution < 1.29 is 9.59 Å².